The second-order valence-corrected chi connectivity index (χ2v) is 5.90. The topological polar surface area (TPSA) is 81.1 Å². The van der Waals surface area contributed by atoms with Crippen molar-refractivity contribution >= 4 is 10.9 Å². The molecule has 5 nitrogen and oxygen atoms in total. The molecule has 0 saturated heterocycles. The monoisotopic (exact) mass is 309 g/mol. The van der Waals surface area contributed by atoms with Crippen LogP contribution in [0.1, 0.15) is 31.2 Å². The lowest BCUT2D eigenvalue weighted by atomic mass is 9.83. The van der Waals surface area contributed by atoms with E-state index in [0.29, 0.717) is 16.7 Å². The van der Waals surface area contributed by atoms with Crippen LogP contribution in [0, 0.1) is 0 Å². The van der Waals surface area contributed by atoms with Crippen LogP contribution in [0.5, 0.6) is 0 Å². The molecule has 0 spiro atoms. The third kappa shape index (κ3) is 2.49. The lowest BCUT2D eigenvalue weighted by Gasteiger charge is -2.31. The van der Waals surface area contributed by atoms with Crippen LogP contribution in [0.15, 0.2) is 59.4 Å². The van der Waals surface area contributed by atoms with Gasteiger partial charge in [0.25, 0.3) is 5.56 Å². The molecule has 23 heavy (non-hydrogen) atoms. The molecule has 2 aromatic carbocycles. The fourth-order valence-corrected chi connectivity index (χ4v) is 2.75. The van der Waals surface area contributed by atoms with Crippen molar-refractivity contribution in [3.8, 4) is 0 Å². The summed E-state index contributed by atoms with van der Waals surface area (Å²) in [6.45, 7) is 3.52. The molecule has 3 N–H and O–H groups in total. The minimum Gasteiger partial charge on any atom is -0.385 e. The number of benzene rings is 2. The van der Waals surface area contributed by atoms with E-state index >= 15 is 0 Å². The first kappa shape index (κ1) is 15.2. The fourth-order valence-electron chi connectivity index (χ4n) is 2.75. The summed E-state index contributed by atoms with van der Waals surface area (Å²) in [4.78, 5) is 16.9. The minimum atomic E-state index is -1.20. The number of hydrogen-bond donors (Lipinski definition) is 2. The summed E-state index contributed by atoms with van der Waals surface area (Å²) in [6.07, 6.45) is 0. The first-order valence-electron chi connectivity index (χ1n) is 7.47. The molecule has 2 unspecified atom stereocenters. The predicted octanol–water partition coefficient (Wildman–Crippen LogP) is 2.12. The standard InChI is InChI=1S/C18H19N3O2/c1-12(18(2,23)13-8-4-3-5-9-13)16-20-15-11-7-6-10-14(15)17(22)21(16)19/h3-12,23H,19H2,1-2H3. The van der Waals surface area contributed by atoms with Gasteiger partial charge >= 0.3 is 0 Å². The third-order valence-corrected chi connectivity index (χ3v) is 4.42. The Balaban J connectivity index is 2.16. The van der Waals surface area contributed by atoms with Gasteiger partial charge in [0.2, 0.25) is 0 Å². The van der Waals surface area contributed by atoms with E-state index in [9.17, 15) is 9.90 Å². The van der Waals surface area contributed by atoms with Crippen LogP contribution in [0.25, 0.3) is 10.9 Å². The zero-order valence-corrected chi connectivity index (χ0v) is 13.1. The van der Waals surface area contributed by atoms with Gasteiger partial charge in [0.1, 0.15) is 5.82 Å². The van der Waals surface area contributed by atoms with E-state index in [2.05, 4.69) is 4.98 Å². The highest BCUT2D eigenvalue weighted by Crippen LogP contribution is 2.35. The van der Waals surface area contributed by atoms with Crippen molar-refractivity contribution in [1.82, 2.24) is 9.66 Å². The van der Waals surface area contributed by atoms with Gasteiger partial charge in [0.15, 0.2) is 0 Å². The zero-order chi connectivity index (χ0) is 16.6. The maximum Gasteiger partial charge on any atom is 0.279 e. The Bertz CT molecular complexity index is 901. The third-order valence-electron chi connectivity index (χ3n) is 4.42. The Morgan fingerprint density at radius 3 is 2.43 bits per heavy atom. The maximum atomic E-state index is 12.4. The smallest absolute Gasteiger partial charge is 0.279 e. The highest BCUT2D eigenvalue weighted by molar-refractivity contribution is 5.77. The Hall–Kier alpha value is -2.66. The van der Waals surface area contributed by atoms with E-state index in [0.717, 1.165) is 10.2 Å². The lowest BCUT2D eigenvalue weighted by Crippen LogP contribution is -2.38. The van der Waals surface area contributed by atoms with E-state index in [-0.39, 0.29) is 5.56 Å². The van der Waals surface area contributed by atoms with Crippen molar-refractivity contribution < 1.29 is 5.11 Å². The van der Waals surface area contributed by atoms with Crippen LogP contribution in [-0.2, 0) is 5.60 Å². The van der Waals surface area contributed by atoms with Gasteiger partial charge in [-0.15, -0.1) is 0 Å². The largest absolute Gasteiger partial charge is 0.385 e. The molecule has 1 heterocycles. The molecule has 0 aliphatic heterocycles. The number of rotatable bonds is 3. The summed E-state index contributed by atoms with van der Waals surface area (Å²) < 4.78 is 1.03. The van der Waals surface area contributed by atoms with Gasteiger partial charge in [-0.3, -0.25) is 4.79 Å². The van der Waals surface area contributed by atoms with Crippen molar-refractivity contribution in [2.45, 2.75) is 25.4 Å². The molecule has 0 fully saturated rings. The van der Waals surface area contributed by atoms with Crippen LogP contribution in [0.4, 0.5) is 0 Å². The average molecular weight is 309 g/mol. The van der Waals surface area contributed by atoms with Gasteiger partial charge in [-0.05, 0) is 24.6 Å². The van der Waals surface area contributed by atoms with Crippen molar-refractivity contribution in [3.63, 3.8) is 0 Å². The molecule has 0 bridgehead atoms. The van der Waals surface area contributed by atoms with Gasteiger partial charge in [0.05, 0.1) is 16.5 Å². The quantitative estimate of drug-likeness (QED) is 0.726. The molecule has 0 aliphatic carbocycles. The molecular weight excluding hydrogens is 290 g/mol. The minimum absolute atomic E-state index is 0.318. The van der Waals surface area contributed by atoms with Gasteiger partial charge in [-0.25, -0.2) is 9.66 Å². The van der Waals surface area contributed by atoms with Gasteiger partial charge < -0.3 is 10.9 Å². The summed E-state index contributed by atoms with van der Waals surface area (Å²) in [5, 5.41) is 11.4. The van der Waals surface area contributed by atoms with E-state index in [1.165, 1.54) is 0 Å². The zero-order valence-electron chi connectivity index (χ0n) is 13.1. The number of nitrogens with zero attached hydrogens (tertiary/aromatic N) is 2. The number of fused-ring (bicyclic) bond motifs is 1. The molecule has 0 saturated carbocycles. The Labute approximate surface area is 134 Å². The number of aromatic nitrogens is 2. The highest BCUT2D eigenvalue weighted by atomic mass is 16.3. The first-order valence-corrected chi connectivity index (χ1v) is 7.47. The number of aliphatic hydroxyl groups is 1. The molecule has 0 radical (unpaired) electrons. The molecular formula is C18H19N3O2. The summed E-state index contributed by atoms with van der Waals surface area (Å²) in [5.74, 6) is 5.84. The lowest BCUT2D eigenvalue weighted by molar-refractivity contribution is 0.0287. The number of nitrogens with two attached hydrogens (primary N) is 1. The van der Waals surface area contributed by atoms with E-state index in [4.69, 9.17) is 5.84 Å². The number of hydrogen-bond acceptors (Lipinski definition) is 4. The molecule has 0 aliphatic rings. The molecule has 118 valence electrons. The molecule has 3 rings (SSSR count). The van der Waals surface area contributed by atoms with E-state index < -0.39 is 11.5 Å². The SMILES string of the molecule is CC(c1nc2ccccc2c(=O)n1N)C(C)(O)c1ccccc1. The predicted molar refractivity (Wildman–Crippen MR) is 90.6 cm³/mol. The summed E-state index contributed by atoms with van der Waals surface area (Å²) >= 11 is 0. The summed E-state index contributed by atoms with van der Waals surface area (Å²) in [7, 11) is 0. The van der Waals surface area contributed by atoms with Crippen molar-refractivity contribution in [3.05, 3.63) is 76.3 Å². The second-order valence-electron chi connectivity index (χ2n) is 5.90. The van der Waals surface area contributed by atoms with E-state index in [1.807, 2.05) is 43.3 Å². The summed E-state index contributed by atoms with van der Waals surface area (Å²) in [5.41, 5.74) is -0.203. The number of nitrogen functional groups attached to an aromatic ring is 1. The molecule has 0 amide bonds. The normalized spacial score (nSPS) is 15.3. The fraction of sp³-hybridized carbons (Fsp3) is 0.222. The molecule has 1 aromatic heterocycles. The van der Waals surface area contributed by atoms with Crippen LogP contribution in [0.3, 0.4) is 0 Å². The van der Waals surface area contributed by atoms with Gasteiger partial charge in [-0.1, -0.05) is 49.4 Å². The summed E-state index contributed by atoms with van der Waals surface area (Å²) in [6, 6.07) is 16.3. The average Bonchev–Trinajstić information content (AvgIpc) is 2.58. The molecule has 2 atom stereocenters. The van der Waals surface area contributed by atoms with Crippen molar-refractivity contribution in [1.29, 1.82) is 0 Å². The van der Waals surface area contributed by atoms with E-state index in [1.54, 1.807) is 25.1 Å². The highest BCUT2D eigenvalue weighted by Gasteiger charge is 2.34. The van der Waals surface area contributed by atoms with Gasteiger partial charge in [-0.2, -0.15) is 0 Å². The maximum absolute atomic E-state index is 12.4. The van der Waals surface area contributed by atoms with Gasteiger partial charge in [0, 0.05) is 5.92 Å². The van der Waals surface area contributed by atoms with Crippen molar-refractivity contribution in [2.75, 3.05) is 5.84 Å². The van der Waals surface area contributed by atoms with Crippen LogP contribution in [0.2, 0.25) is 0 Å². The molecule has 5 heteroatoms. The van der Waals surface area contributed by atoms with Crippen molar-refractivity contribution in [2.24, 2.45) is 0 Å². The van der Waals surface area contributed by atoms with Crippen LogP contribution in [-0.4, -0.2) is 14.8 Å². The number of para-hydroxylation sites is 1. The van der Waals surface area contributed by atoms with Crippen LogP contribution < -0.4 is 11.4 Å². The molecule has 3 aromatic rings. The van der Waals surface area contributed by atoms with Crippen LogP contribution >= 0.6 is 0 Å². The Morgan fingerprint density at radius 1 is 1.13 bits per heavy atom. The first-order chi connectivity index (χ1) is 10.9. The Kier molecular flexibility index (Phi) is 3.66. The second kappa shape index (κ2) is 5.52. The Morgan fingerprint density at radius 2 is 1.74 bits per heavy atom.